The third-order valence-electron chi connectivity index (χ3n) is 4.43. The third kappa shape index (κ3) is 4.38. The van der Waals surface area contributed by atoms with Gasteiger partial charge in [-0.1, -0.05) is 23.5 Å². The van der Waals surface area contributed by atoms with Crippen molar-refractivity contribution in [2.45, 2.75) is 13.5 Å². The number of ether oxygens (including phenoxy) is 1. The summed E-state index contributed by atoms with van der Waals surface area (Å²) >= 11 is 3.26. The minimum absolute atomic E-state index is 0.129. The van der Waals surface area contributed by atoms with E-state index in [9.17, 15) is 9.59 Å². The Bertz CT molecular complexity index is 1080. The summed E-state index contributed by atoms with van der Waals surface area (Å²) in [6, 6.07) is 7.21. The molecular formula is C19H21N5O3S2. The van der Waals surface area contributed by atoms with Crippen molar-refractivity contribution in [1.29, 1.82) is 0 Å². The second-order valence-corrected chi connectivity index (χ2v) is 8.61. The molecule has 4 rings (SSSR count). The molecule has 0 unspecified atom stereocenters. The van der Waals surface area contributed by atoms with E-state index in [0.717, 1.165) is 29.7 Å². The van der Waals surface area contributed by atoms with Crippen LogP contribution >= 0.6 is 23.1 Å². The Balaban J connectivity index is 1.53. The summed E-state index contributed by atoms with van der Waals surface area (Å²) in [4.78, 5) is 36.3. The number of hydrogen-bond donors (Lipinski definition) is 1. The van der Waals surface area contributed by atoms with Gasteiger partial charge in [-0.2, -0.15) is 16.7 Å². The Hall–Kier alpha value is -2.59. The summed E-state index contributed by atoms with van der Waals surface area (Å²) in [6.07, 6.45) is 1.38. The van der Waals surface area contributed by atoms with Gasteiger partial charge in [-0.3, -0.25) is 14.2 Å². The lowest BCUT2D eigenvalue weighted by atomic mass is 10.3. The van der Waals surface area contributed by atoms with Crippen molar-refractivity contribution >= 4 is 50.2 Å². The number of thioether (sulfide) groups is 1. The zero-order valence-electron chi connectivity index (χ0n) is 16.0. The van der Waals surface area contributed by atoms with Crippen molar-refractivity contribution in [2.24, 2.45) is 0 Å². The molecule has 1 aromatic carbocycles. The summed E-state index contributed by atoms with van der Waals surface area (Å²) in [7, 11) is 0. The molecule has 8 nitrogen and oxygen atoms in total. The molecule has 0 bridgehead atoms. The number of benzene rings is 1. The molecule has 29 heavy (non-hydrogen) atoms. The molecule has 1 aliphatic heterocycles. The van der Waals surface area contributed by atoms with E-state index in [4.69, 9.17) is 4.74 Å². The average molecular weight is 432 g/mol. The predicted molar refractivity (Wildman–Crippen MR) is 117 cm³/mol. The molecule has 152 valence electrons. The topological polar surface area (TPSA) is 89.3 Å². The van der Waals surface area contributed by atoms with Gasteiger partial charge in [-0.15, -0.1) is 0 Å². The minimum Gasteiger partial charge on any atom is -0.492 e. The highest BCUT2D eigenvalue weighted by Crippen LogP contribution is 2.27. The Morgan fingerprint density at radius 2 is 2.07 bits per heavy atom. The first-order valence-electron chi connectivity index (χ1n) is 9.36. The van der Waals surface area contributed by atoms with Crippen LogP contribution in [0.3, 0.4) is 0 Å². The van der Waals surface area contributed by atoms with Crippen LogP contribution in [0.15, 0.2) is 35.4 Å². The monoisotopic (exact) mass is 431 g/mol. The van der Waals surface area contributed by atoms with Crippen LogP contribution in [-0.2, 0) is 11.3 Å². The zero-order valence-corrected chi connectivity index (χ0v) is 17.6. The summed E-state index contributed by atoms with van der Waals surface area (Å²) in [5, 5.41) is 3.62. The fourth-order valence-corrected chi connectivity index (χ4v) is 4.96. The maximum Gasteiger partial charge on any atom is 0.273 e. The fraction of sp³-hybridized carbons (Fsp3) is 0.368. The van der Waals surface area contributed by atoms with Crippen LogP contribution in [0.2, 0.25) is 0 Å². The standard InChI is InChI=1S/C19H21N5O3S2/c1-2-27-14-6-4-3-5-13(14)21-15(25)11-24-12-20-17-16(18(24)26)29-19(22-17)23-7-9-28-10-8-23/h3-6,12H,2,7-11H2,1H3,(H,21,25). The number of fused-ring (bicyclic) bond motifs is 1. The molecule has 3 heterocycles. The van der Waals surface area contributed by atoms with Gasteiger partial charge < -0.3 is 15.0 Å². The first-order valence-corrected chi connectivity index (χ1v) is 11.3. The van der Waals surface area contributed by atoms with Crippen LogP contribution in [0.5, 0.6) is 5.75 Å². The first kappa shape index (κ1) is 19.7. The zero-order chi connectivity index (χ0) is 20.2. The second kappa shape index (κ2) is 8.83. The normalized spacial score (nSPS) is 14.2. The van der Waals surface area contributed by atoms with E-state index in [1.54, 1.807) is 12.1 Å². The predicted octanol–water partition coefficient (Wildman–Crippen LogP) is 2.44. The van der Waals surface area contributed by atoms with Gasteiger partial charge in [0.1, 0.15) is 23.3 Å². The fourth-order valence-electron chi connectivity index (χ4n) is 3.03. The molecule has 1 saturated heterocycles. The molecule has 0 radical (unpaired) electrons. The minimum atomic E-state index is -0.321. The van der Waals surface area contributed by atoms with Gasteiger partial charge in [-0.05, 0) is 19.1 Å². The lowest BCUT2D eigenvalue weighted by Gasteiger charge is -2.25. The Morgan fingerprint density at radius 1 is 1.28 bits per heavy atom. The number of nitrogens with zero attached hydrogens (tertiary/aromatic N) is 4. The van der Waals surface area contributed by atoms with Gasteiger partial charge in [-0.25, -0.2) is 4.98 Å². The molecule has 1 aliphatic rings. The molecular weight excluding hydrogens is 410 g/mol. The molecule has 1 amide bonds. The molecule has 2 aromatic heterocycles. The highest BCUT2D eigenvalue weighted by molar-refractivity contribution is 7.99. The van der Waals surface area contributed by atoms with Gasteiger partial charge in [0.15, 0.2) is 10.8 Å². The van der Waals surface area contributed by atoms with E-state index in [0.29, 0.717) is 28.4 Å². The first-order chi connectivity index (χ1) is 14.2. The lowest BCUT2D eigenvalue weighted by molar-refractivity contribution is -0.116. The Morgan fingerprint density at radius 3 is 2.86 bits per heavy atom. The Labute approximate surface area is 175 Å². The van der Waals surface area contributed by atoms with Crippen molar-refractivity contribution in [3.8, 4) is 5.75 Å². The quantitative estimate of drug-likeness (QED) is 0.641. The van der Waals surface area contributed by atoms with Gasteiger partial charge in [0.05, 0.1) is 12.3 Å². The maximum atomic E-state index is 12.8. The van der Waals surface area contributed by atoms with Crippen molar-refractivity contribution in [1.82, 2.24) is 14.5 Å². The molecule has 0 saturated carbocycles. The van der Waals surface area contributed by atoms with E-state index in [2.05, 4.69) is 20.2 Å². The van der Waals surface area contributed by atoms with Gasteiger partial charge in [0, 0.05) is 24.6 Å². The summed E-state index contributed by atoms with van der Waals surface area (Å²) in [6.45, 7) is 4.08. The van der Waals surface area contributed by atoms with Gasteiger partial charge in [0.2, 0.25) is 5.91 Å². The number of carbonyl (C=O) groups excluding carboxylic acids is 1. The average Bonchev–Trinajstić information content (AvgIpc) is 3.18. The second-order valence-electron chi connectivity index (χ2n) is 6.40. The number of para-hydroxylation sites is 2. The van der Waals surface area contributed by atoms with Crippen LogP contribution in [0, 0.1) is 0 Å². The molecule has 0 aliphatic carbocycles. The number of aromatic nitrogens is 3. The van der Waals surface area contributed by atoms with Crippen molar-refractivity contribution in [3.63, 3.8) is 0 Å². The number of nitrogens with one attached hydrogen (secondary N) is 1. The van der Waals surface area contributed by atoms with Gasteiger partial charge >= 0.3 is 0 Å². The van der Waals surface area contributed by atoms with E-state index in [1.165, 1.54) is 22.2 Å². The van der Waals surface area contributed by atoms with Crippen molar-refractivity contribution in [2.75, 3.05) is 41.4 Å². The van der Waals surface area contributed by atoms with E-state index in [-0.39, 0.29) is 18.0 Å². The molecule has 0 spiro atoms. The number of anilines is 2. The van der Waals surface area contributed by atoms with Crippen molar-refractivity contribution < 1.29 is 9.53 Å². The van der Waals surface area contributed by atoms with E-state index < -0.39 is 0 Å². The smallest absolute Gasteiger partial charge is 0.273 e. The van der Waals surface area contributed by atoms with Crippen LogP contribution < -0.4 is 20.5 Å². The number of thiazole rings is 1. The Kier molecular flexibility index (Phi) is 6.00. The molecule has 10 heteroatoms. The highest BCUT2D eigenvalue weighted by atomic mass is 32.2. The van der Waals surface area contributed by atoms with Gasteiger partial charge in [0.25, 0.3) is 5.56 Å². The van der Waals surface area contributed by atoms with Crippen LogP contribution in [-0.4, -0.2) is 51.6 Å². The number of amides is 1. The number of rotatable bonds is 6. The lowest BCUT2D eigenvalue weighted by Crippen LogP contribution is -2.32. The van der Waals surface area contributed by atoms with E-state index >= 15 is 0 Å². The van der Waals surface area contributed by atoms with Crippen LogP contribution in [0.4, 0.5) is 10.8 Å². The molecule has 3 aromatic rings. The summed E-state index contributed by atoms with van der Waals surface area (Å²) in [5.41, 5.74) is 0.759. The molecule has 1 fully saturated rings. The molecule has 1 N–H and O–H groups in total. The highest BCUT2D eigenvalue weighted by Gasteiger charge is 2.18. The number of carbonyl (C=O) groups is 1. The van der Waals surface area contributed by atoms with Crippen molar-refractivity contribution in [3.05, 3.63) is 40.9 Å². The van der Waals surface area contributed by atoms with Crippen LogP contribution in [0.1, 0.15) is 6.92 Å². The summed E-state index contributed by atoms with van der Waals surface area (Å²) in [5.74, 6) is 2.38. The number of hydrogen-bond acceptors (Lipinski definition) is 8. The summed E-state index contributed by atoms with van der Waals surface area (Å²) < 4.78 is 7.31. The van der Waals surface area contributed by atoms with E-state index in [1.807, 2.05) is 30.8 Å². The van der Waals surface area contributed by atoms with Crippen LogP contribution in [0.25, 0.3) is 10.3 Å². The maximum absolute atomic E-state index is 12.8. The largest absolute Gasteiger partial charge is 0.492 e. The SMILES string of the molecule is CCOc1ccccc1NC(=O)Cn1cnc2nc(N3CCSCC3)sc2c1=O. The molecule has 0 atom stereocenters. The third-order valence-corrected chi connectivity index (χ3v) is 6.46.